The summed E-state index contributed by atoms with van der Waals surface area (Å²) in [5.74, 6) is -0.897. The van der Waals surface area contributed by atoms with Gasteiger partial charge in [-0.1, -0.05) is 29.8 Å². The second-order valence-corrected chi connectivity index (χ2v) is 7.92. The Morgan fingerprint density at radius 3 is 2.57 bits per heavy atom. The van der Waals surface area contributed by atoms with E-state index in [-0.39, 0.29) is 28.8 Å². The minimum absolute atomic E-state index is 0.00919. The maximum absolute atomic E-state index is 13.2. The highest BCUT2D eigenvalue weighted by Crippen LogP contribution is 2.28. The zero-order valence-corrected chi connectivity index (χ0v) is 17.0. The number of aromatic nitrogens is 1. The largest absolute Gasteiger partial charge is 0.349 e. The fourth-order valence-corrected chi connectivity index (χ4v) is 4.09. The zero-order chi connectivity index (χ0) is 21.1. The summed E-state index contributed by atoms with van der Waals surface area (Å²) in [7, 11) is 0. The Balaban J connectivity index is 1.34. The van der Waals surface area contributed by atoms with Gasteiger partial charge in [-0.25, -0.2) is 4.39 Å². The topological polar surface area (TPSA) is 71.1 Å². The molecule has 1 fully saturated rings. The highest BCUT2D eigenvalue weighted by Gasteiger charge is 2.28. The Bertz CT molecular complexity index is 1090. The SMILES string of the molecule is O=C(N[C@H]1CC[C@H](C(=O)Nc2ccc(F)cc2Cl)CC1)c1cccc2cccnc12. The second-order valence-electron chi connectivity index (χ2n) is 7.52. The van der Waals surface area contributed by atoms with Gasteiger partial charge in [0.1, 0.15) is 5.82 Å². The number of halogens is 2. The molecular formula is C23H21ClFN3O2. The summed E-state index contributed by atoms with van der Waals surface area (Å²) in [6.07, 6.45) is 4.40. The molecular weight excluding hydrogens is 405 g/mol. The summed E-state index contributed by atoms with van der Waals surface area (Å²) in [6.45, 7) is 0. The van der Waals surface area contributed by atoms with Gasteiger partial charge < -0.3 is 10.6 Å². The Morgan fingerprint density at radius 1 is 1.03 bits per heavy atom. The number of hydrogen-bond donors (Lipinski definition) is 2. The van der Waals surface area contributed by atoms with Crippen molar-refractivity contribution >= 4 is 40.0 Å². The number of benzene rings is 2. The van der Waals surface area contributed by atoms with Crippen molar-refractivity contribution in [2.24, 2.45) is 5.92 Å². The van der Waals surface area contributed by atoms with Crippen molar-refractivity contribution in [1.29, 1.82) is 0 Å². The molecule has 1 aromatic heterocycles. The van der Waals surface area contributed by atoms with Crippen LogP contribution < -0.4 is 10.6 Å². The van der Waals surface area contributed by atoms with Gasteiger partial charge in [0.05, 0.1) is 21.8 Å². The van der Waals surface area contributed by atoms with Crippen molar-refractivity contribution in [1.82, 2.24) is 10.3 Å². The minimum atomic E-state index is -0.448. The molecule has 2 aromatic carbocycles. The molecule has 0 saturated heterocycles. The minimum Gasteiger partial charge on any atom is -0.349 e. The zero-order valence-electron chi connectivity index (χ0n) is 16.2. The molecule has 1 aliphatic rings. The smallest absolute Gasteiger partial charge is 0.253 e. The molecule has 1 aliphatic carbocycles. The van der Waals surface area contributed by atoms with Crippen LogP contribution in [0.5, 0.6) is 0 Å². The molecule has 0 unspecified atom stereocenters. The lowest BCUT2D eigenvalue weighted by Gasteiger charge is -2.28. The van der Waals surface area contributed by atoms with Crippen LogP contribution in [0, 0.1) is 11.7 Å². The average molecular weight is 426 g/mol. The van der Waals surface area contributed by atoms with Crippen LogP contribution in [-0.4, -0.2) is 22.8 Å². The van der Waals surface area contributed by atoms with Crippen LogP contribution in [0.3, 0.4) is 0 Å². The highest BCUT2D eigenvalue weighted by atomic mass is 35.5. The first-order chi connectivity index (χ1) is 14.5. The van der Waals surface area contributed by atoms with E-state index in [0.717, 1.165) is 5.39 Å². The number of fused-ring (bicyclic) bond motifs is 1. The van der Waals surface area contributed by atoms with Crippen molar-refractivity contribution in [3.63, 3.8) is 0 Å². The van der Waals surface area contributed by atoms with E-state index in [4.69, 9.17) is 11.6 Å². The molecule has 5 nitrogen and oxygen atoms in total. The Labute approximate surface area is 178 Å². The Kier molecular flexibility index (Phi) is 5.95. The Morgan fingerprint density at radius 2 is 1.80 bits per heavy atom. The first-order valence-electron chi connectivity index (χ1n) is 9.92. The summed E-state index contributed by atoms with van der Waals surface area (Å²) in [6, 6.07) is 13.2. The number of carbonyl (C=O) groups excluding carboxylic acids is 2. The lowest BCUT2D eigenvalue weighted by atomic mass is 9.85. The fourth-order valence-electron chi connectivity index (χ4n) is 3.88. The molecule has 0 atom stereocenters. The molecule has 2 N–H and O–H groups in total. The van der Waals surface area contributed by atoms with Gasteiger partial charge in [0.2, 0.25) is 5.91 Å². The monoisotopic (exact) mass is 425 g/mol. The molecule has 0 radical (unpaired) electrons. The number of anilines is 1. The molecule has 0 bridgehead atoms. The number of para-hydroxylation sites is 1. The number of hydrogen-bond acceptors (Lipinski definition) is 3. The van der Waals surface area contributed by atoms with Crippen LogP contribution in [0.4, 0.5) is 10.1 Å². The van der Waals surface area contributed by atoms with Gasteiger partial charge in [-0.15, -0.1) is 0 Å². The first kappa shape index (κ1) is 20.3. The highest BCUT2D eigenvalue weighted by molar-refractivity contribution is 6.33. The van der Waals surface area contributed by atoms with Crippen LogP contribution >= 0.6 is 11.6 Å². The summed E-state index contributed by atoms with van der Waals surface area (Å²) in [5, 5.41) is 6.95. The maximum Gasteiger partial charge on any atom is 0.253 e. The molecule has 3 aromatic rings. The van der Waals surface area contributed by atoms with Crippen molar-refractivity contribution in [2.75, 3.05) is 5.32 Å². The summed E-state index contributed by atoms with van der Waals surface area (Å²) < 4.78 is 13.2. The molecule has 0 spiro atoms. The number of pyridine rings is 1. The lowest BCUT2D eigenvalue weighted by molar-refractivity contribution is -0.120. The van der Waals surface area contributed by atoms with Gasteiger partial charge in [0.25, 0.3) is 5.91 Å². The van der Waals surface area contributed by atoms with Crippen molar-refractivity contribution in [3.05, 3.63) is 71.1 Å². The van der Waals surface area contributed by atoms with Gasteiger partial charge in [0.15, 0.2) is 0 Å². The maximum atomic E-state index is 13.2. The molecule has 0 aliphatic heterocycles. The van der Waals surface area contributed by atoms with E-state index < -0.39 is 5.82 Å². The molecule has 1 saturated carbocycles. The van der Waals surface area contributed by atoms with Crippen LogP contribution in [0.15, 0.2) is 54.7 Å². The number of nitrogens with one attached hydrogen (secondary N) is 2. The molecule has 7 heteroatoms. The number of rotatable bonds is 4. The van der Waals surface area contributed by atoms with Crippen LogP contribution in [0.25, 0.3) is 10.9 Å². The predicted octanol–water partition coefficient (Wildman–Crippen LogP) is 4.95. The number of carbonyl (C=O) groups is 2. The van der Waals surface area contributed by atoms with Crippen molar-refractivity contribution < 1.29 is 14.0 Å². The number of nitrogens with zero attached hydrogens (tertiary/aromatic N) is 1. The Hall–Kier alpha value is -2.99. The second kappa shape index (κ2) is 8.79. The molecule has 4 rings (SSSR count). The first-order valence-corrected chi connectivity index (χ1v) is 10.3. The van der Waals surface area contributed by atoms with E-state index in [1.165, 1.54) is 18.2 Å². The summed E-state index contributed by atoms with van der Waals surface area (Å²) in [5.41, 5.74) is 1.64. The fraction of sp³-hybridized carbons (Fsp3) is 0.261. The molecule has 154 valence electrons. The third-order valence-electron chi connectivity index (χ3n) is 5.50. The van der Waals surface area contributed by atoms with E-state index in [9.17, 15) is 14.0 Å². The average Bonchev–Trinajstić information content (AvgIpc) is 2.75. The van der Waals surface area contributed by atoms with Crippen LogP contribution in [0.1, 0.15) is 36.0 Å². The van der Waals surface area contributed by atoms with Gasteiger partial charge in [0, 0.05) is 23.5 Å². The standard InChI is InChI=1S/C23H21ClFN3O2/c24-19-13-16(25)8-11-20(19)28-22(29)15-6-9-17(10-7-15)27-23(30)18-5-1-3-14-4-2-12-26-21(14)18/h1-5,8,11-13,15,17H,6-7,9-10H2,(H,27,30)(H,28,29)/t15-,17-. The molecule has 2 amide bonds. The van der Waals surface area contributed by atoms with Gasteiger partial charge in [-0.05, 0) is 56.0 Å². The van der Waals surface area contributed by atoms with E-state index in [2.05, 4.69) is 15.6 Å². The van der Waals surface area contributed by atoms with E-state index in [1.54, 1.807) is 12.3 Å². The van der Waals surface area contributed by atoms with Crippen molar-refractivity contribution in [3.8, 4) is 0 Å². The van der Waals surface area contributed by atoms with Crippen LogP contribution in [-0.2, 0) is 4.79 Å². The van der Waals surface area contributed by atoms with E-state index in [1.807, 2.05) is 24.3 Å². The van der Waals surface area contributed by atoms with Gasteiger partial charge in [-0.3, -0.25) is 14.6 Å². The third-order valence-corrected chi connectivity index (χ3v) is 5.81. The number of amides is 2. The lowest BCUT2D eigenvalue weighted by Crippen LogP contribution is -2.39. The van der Waals surface area contributed by atoms with E-state index >= 15 is 0 Å². The normalized spacial score (nSPS) is 18.7. The van der Waals surface area contributed by atoms with E-state index in [0.29, 0.717) is 42.5 Å². The quantitative estimate of drug-likeness (QED) is 0.621. The van der Waals surface area contributed by atoms with Crippen molar-refractivity contribution in [2.45, 2.75) is 31.7 Å². The summed E-state index contributed by atoms with van der Waals surface area (Å²) >= 11 is 5.99. The molecule has 1 heterocycles. The van der Waals surface area contributed by atoms with Gasteiger partial charge >= 0.3 is 0 Å². The molecule has 30 heavy (non-hydrogen) atoms. The van der Waals surface area contributed by atoms with Gasteiger partial charge in [-0.2, -0.15) is 0 Å². The summed E-state index contributed by atoms with van der Waals surface area (Å²) in [4.78, 5) is 29.7. The third kappa shape index (κ3) is 4.44. The van der Waals surface area contributed by atoms with Crippen LogP contribution in [0.2, 0.25) is 5.02 Å². The predicted molar refractivity (Wildman–Crippen MR) is 115 cm³/mol.